The molecule has 0 saturated heterocycles. The van der Waals surface area contributed by atoms with Crippen molar-refractivity contribution in [1.29, 1.82) is 0 Å². The summed E-state index contributed by atoms with van der Waals surface area (Å²) in [4.78, 5) is 35.5. The first-order valence-electron chi connectivity index (χ1n) is 17.2. The maximum atomic E-state index is 13.4. The van der Waals surface area contributed by atoms with Gasteiger partial charge in [0, 0.05) is 23.8 Å². The van der Waals surface area contributed by atoms with Crippen molar-refractivity contribution < 1.29 is 26.4 Å². The quantitative estimate of drug-likeness (QED) is 0.101. The molecule has 12 nitrogen and oxygen atoms in total. The summed E-state index contributed by atoms with van der Waals surface area (Å²) in [6.45, 7) is 0.393. The average Bonchev–Trinajstić information content (AvgIpc) is 3.21. The number of aromatic nitrogens is 2. The predicted octanol–water partition coefficient (Wildman–Crippen LogP) is 3.30. The first-order chi connectivity index (χ1) is 27.1. The van der Waals surface area contributed by atoms with Crippen molar-refractivity contribution in [3.05, 3.63) is 168 Å². The molecule has 0 spiro atoms. The topological polar surface area (TPSA) is 176 Å². The third-order valence-corrected chi connectivity index (χ3v) is 18.3. The number of nitrogens with zero attached hydrogens (tertiary/aromatic N) is 2. The van der Waals surface area contributed by atoms with Crippen LogP contribution in [0.15, 0.2) is 156 Å². The molecule has 0 unspecified atom stereocenters. The van der Waals surface area contributed by atoms with E-state index in [0.29, 0.717) is 35.3 Å². The molecule has 0 bridgehead atoms. The van der Waals surface area contributed by atoms with Crippen molar-refractivity contribution in [1.82, 2.24) is 19.4 Å². The fourth-order valence-corrected chi connectivity index (χ4v) is 14.4. The molecule has 2 aromatic heterocycles. The number of benzene rings is 4. The number of rotatable bonds is 17. The normalized spacial score (nSPS) is 11.5. The number of pyridine rings is 2. The minimum absolute atomic E-state index is 0.0798. The van der Waals surface area contributed by atoms with E-state index in [1.807, 2.05) is 48.5 Å². The number of amides is 2. The molecule has 4 aromatic carbocycles. The molecule has 6 rings (SSSR count). The molecular weight excluding hydrogens is 883 g/mol. The van der Waals surface area contributed by atoms with Gasteiger partial charge in [-0.3, -0.25) is 9.97 Å². The second kappa shape index (κ2) is 19.2. The average molecular weight is 919 g/mol. The second-order valence-corrected chi connectivity index (χ2v) is 21.8. The number of hydrogen-bond donors (Lipinski definition) is 4. The Morgan fingerprint density at radius 1 is 0.482 bits per heavy atom. The summed E-state index contributed by atoms with van der Waals surface area (Å²) < 4.78 is 58.1. The van der Waals surface area contributed by atoms with Gasteiger partial charge in [0.2, 0.25) is 0 Å². The van der Waals surface area contributed by atoms with E-state index in [-0.39, 0.29) is 61.0 Å². The molecule has 2 amide bonds. The Kier molecular flexibility index (Phi) is 13.9. The van der Waals surface area contributed by atoms with Crippen molar-refractivity contribution in [2.75, 3.05) is 23.7 Å². The van der Waals surface area contributed by atoms with Gasteiger partial charge in [-0.1, -0.05) is 12.1 Å². The monoisotopic (exact) mass is 920 g/mol. The molecule has 6 aromatic rings. The first kappa shape index (κ1) is 40.6. The van der Waals surface area contributed by atoms with Gasteiger partial charge in [0.1, 0.15) is 0 Å². The van der Waals surface area contributed by atoms with Crippen LogP contribution in [0.5, 0.6) is 0 Å². The van der Waals surface area contributed by atoms with Crippen LogP contribution in [0.25, 0.3) is 0 Å². The zero-order valence-electron chi connectivity index (χ0n) is 29.7. The Bertz CT molecular complexity index is 2320. The molecule has 0 atom stereocenters. The third-order valence-electron chi connectivity index (χ3n) is 8.13. The summed E-state index contributed by atoms with van der Waals surface area (Å²) >= 11 is -0.369. The molecule has 286 valence electrons. The van der Waals surface area contributed by atoms with Crippen LogP contribution < -0.4 is 29.0 Å². The van der Waals surface area contributed by atoms with E-state index < -0.39 is 20.0 Å². The number of carbonyl (C=O) groups is 2. The molecule has 0 radical (unpaired) electrons. The van der Waals surface area contributed by atoms with E-state index in [1.54, 1.807) is 73.1 Å². The number of anilines is 2. The van der Waals surface area contributed by atoms with Gasteiger partial charge in [-0.15, -0.1) is 0 Å². The summed E-state index contributed by atoms with van der Waals surface area (Å²) in [5, 5.41) is 5.75. The number of carbonyl (C=O) groups excluding carboxylic acids is 2. The third kappa shape index (κ3) is 11.3. The van der Waals surface area contributed by atoms with Gasteiger partial charge >= 0.3 is 269 Å². The molecule has 0 aliphatic heterocycles. The van der Waals surface area contributed by atoms with E-state index in [9.17, 15) is 26.4 Å². The molecular formula is C40H36N6O6S2Se2. The summed E-state index contributed by atoms with van der Waals surface area (Å²) in [6.07, 6.45) is 4.22. The van der Waals surface area contributed by atoms with Crippen LogP contribution in [0.2, 0.25) is 0 Å². The van der Waals surface area contributed by atoms with Crippen LogP contribution in [-0.2, 0) is 32.9 Å². The maximum absolute atomic E-state index is 13.4. The summed E-state index contributed by atoms with van der Waals surface area (Å²) in [5.74, 6) is -0.662. The van der Waals surface area contributed by atoms with Gasteiger partial charge in [0.05, 0.1) is 0 Å². The van der Waals surface area contributed by atoms with E-state index in [0.717, 1.165) is 20.3 Å². The zero-order chi connectivity index (χ0) is 39.4. The Labute approximate surface area is 337 Å². The Morgan fingerprint density at radius 2 is 0.857 bits per heavy atom. The minimum atomic E-state index is -3.75. The zero-order valence-corrected chi connectivity index (χ0v) is 34.7. The summed E-state index contributed by atoms with van der Waals surface area (Å²) in [7, 11) is -7.51. The molecule has 0 aliphatic carbocycles. The predicted molar refractivity (Wildman–Crippen MR) is 219 cm³/mol. The summed E-state index contributed by atoms with van der Waals surface area (Å²) in [6, 6.07) is 37.5. The first-order valence-corrected chi connectivity index (χ1v) is 26.2. The summed E-state index contributed by atoms with van der Waals surface area (Å²) in [5.41, 5.74) is 3.43. The molecule has 16 heteroatoms. The van der Waals surface area contributed by atoms with Crippen LogP contribution in [0, 0.1) is 0 Å². The second-order valence-electron chi connectivity index (χ2n) is 12.1. The van der Waals surface area contributed by atoms with Gasteiger partial charge in [0.15, 0.2) is 0 Å². The van der Waals surface area contributed by atoms with E-state index in [4.69, 9.17) is 0 Å². The van der Waals surface area contributed by atoms with Crippen LogP contribution >= 0.6 is 0 Å². The molecule has 0 aliphatic rings. The fraction of sp³-hybridized carbons (Fsp3) is 0.100. The Morgan fingerprint density at radius 3 is 1.23 bits per heavy atom. The Hall–Kier alpha value is -5.02. The van der Waals surface area contributed by atoms with E-state index in [1.165, 1.54) is 24.3 Å². The SMILES string of the molecule is O=C(Nc1ccc(S(=O)(=O)NCCc2ccccn2)cc1)c1ccccc1[Se][Se]c1ccccc1C(=O)Nc1ccc(S(=O)(=O)NCCc2ccccn2)cc1. The van der Waals surface area contributed by atoms with Crippen LogP contribution in [-0.4, -0.2) is 78.0 Å². The van der Waals surface area contributed by atoms with E-state index >= 15 is 0 Å². The van der Waals surface area contributed by atoms with E-state index in [2.05, 4.69) is 30.0 Å². The number of sulfonamides is 2. The number of hydrogen-bond acceptors (Lipinski definition) is 8. The van der Waals surface area contributed by atoms with Gasteiger partial charge in [-0.2, -0.15) is 0 Å². The van der Waals surface area contributed by atoms with Crippen molar-refractivity contribution >= 4 is 78.4 Å². The van der Waals surface area contributed by atoms with Crippen LogP contribution in [0.1, 0.15) is 32.1 Å². The standard InChI is InChI=1S/C40H36N6O6S2Se2/c47-39(45-31-15-19-33(20-16-31)53(49,50)43-27-23-29-9-5-7-25-41-29)35-11-1-3-13-37(35)55-56-38-14-4-2-12-36(38)40(48)46-32-17-21-34(22-18-32)54(51,52)44-28-24-30-10-6-8-26-42-30/h1-22,25-26,43-44H,23-24,27-28H2,(H,45,47)(H,46,48). The molecule has 2 heterocycles. The van der Waals surface area contributed by atoms with Gasteiger partial charge in [0.25, 0.3) is 0 Å². The van der Waals surface area contributed by atoms with Crippen molar-refractivity contribution in [2.24, 2.45) is 0 Å². The van der Waals surface area contributed by atoms with Gasteiger partial charge in [-0.05, 0) is 24.3 Å². The Balaban J connectivity index is 1.03. The molecule has 56 heavy (non-hydrogen) atoms. The van der Waals surface area contributed by atoms with Crippen molar-refractivity contribution in [3.8, 4) is 0 Å². The van der Waals surface area contributed by atoms with Crippen molar-refractivity contribution in [2.45, 2.75) is 22.6 Å². The number of nitrogens with one attached hydrogen (secondary N) is 4. The molecule has 4 N–H and O–H groups in total. The van der Waals surface area contributed by atoms with Gasteiger partial charge in [-0.25, -0.2) is 0 Å². The van der Waals surface area contributed by atoms with Gasteiger partial charge < -0.3 is 0 Å². The van der Waals surface area contributed by atoms with Crippen molar-refractivity contribution in [3.63, 3.8) is 0 Å². The van der Waals surface area contributed by atoms with Crippen LogP contribution in [0.4, 0.5) is 11.4 Å². The molecule has 0 saturated carbocycles. The molecule has 0 fully saturated rings. The fourth-order valence-electron chi connectivity index (χ4n) is 5.26. The van der Waals surface area contributed by atoms with Crippen LogP contribution in [0.3, 0.4) is 0 Å².